The largest absolute Gasteiger partial charge is 0.452 e. The van der Waals surface area contributed by atoms with Crippen LogP contribution in [0.25, 0.3) is 0 Å². The van der Waals surface area contributed by atoms with Gasteiger partial charge in [0.15, 0.2) is 6.61 Å². The van der Waals surface area contributed by atoms with Gasteiger partial charge in [0.05, 0.1) is 15.4 Å². The van der Waals surface area contributed by atoms with Gasteiger partial charge in [-0.3, -0.25) is 30.6 Å². The van der Waals surface area contributed by atoms with Gasteiger partial charge in [-0.2, -0.15) is 8.78 Å². The number of sulfone groups is 1. The second-order valence-corrected chi connectivity index (χ2v) is 7.63. The maximum absolute atomic E-state index is 12.5. The highest BCUT2D eigenvalue weighted by Crippen LogP contribution is 2.19. The van der Waals surface area contributed by atoms with E-state index >= 15 is 0 Å². The lowest BCUT2D eigenvalue weighted by atomic mass is 10.2. The Bertz CT molecular complexity index is 1100. The molecule has 0 saturated heterocycles. The van der Waals surface area contributed by atoms with Crippen molar-refractivity contribution in [3.63, 3.8) is 0 Å². The van der Waals surface area contributed by atoms with Crippen molar-refractivity contribution in [2.75, 3.05) is 6.61 Å². The fourth-order valence-electron chi connectivity index (χ4n) is 2.07. The normalized spacial score (nSPS) is 10.9. The molecule has 0 spiro atoms. The smallest absolute Gasteiger partial charge is 0.341 e. The van der Waals surface area contributed by atoms with E-state index in [0.29, 0.717) is 0 Å². The molecule has 164 valence electrons. The van der Waals surface area contributed by atoms with Crippen molar-refractivity contribution < 1.29 is 41.2 Å². The van der Waals surface area contributed by atoms with E-state index in [0.717, 1.165) is 48.5 Å². The third kappa shape index (κ3) is 6.02. The number of ether oxygens (including phenoxy) is 1. The number of nitro groups is 1. The predicted octanol–water partition coefficient (Wildman–Crippen LogP) is 1.21. The van der Waals surface area contributed by atoms with Crippen LogP contribution >= 0.6 is 0 Å². The summed E-state index contributed by atoms with van der Waals surface area (Å²) in [4.78, 5) is 44.6. The summed E-state index contributed by atoms with van der Waals surface area (Å²) in [5.74, 6) is -6.38. The van der Waals surface area contributed by atoms with Gasteiger partial charge in [-0.25, -0.2) is 13.2 Å². The molecule has 0 saturated carbocycles. The van der Waals surface area contributed by atoms with E-state index in [1.165, 1.54) is 0 Å². The van der Waals surface area contributed by atoms with Crippen molar-refractivity contribution >= 4 is 33.3 Å². The highest BCUT2D eigenvalue weighted by Gasteiger charge is 2.26. The zero-order valence-electron chi connectivity index (χ0n) is 15.3. The summed E-state index contributed by atoms with van der Waals surface area (Å²) in [5, 5.41) is 10.6. The standard InChI is InChI=1S/C17H13F2N3O8S/c18-17(19)31(28,29)13-7-3-11(4-8-13)16(25)30-9-14(23)20-21-15(24)10-1-5-12(6-2-10)22(26)27/h1-8,17H,9H2,(H,20,23)(H,21,24). The summed E-state index contributed by atoms with van der Waals surface area (Å²) >= 11 is 0. The molecule has 0 atom stereocenters. The molecule has 0 aliphatic carbocycles. The maximum Gasteiger partial charge on any atom is 0.341 e. The number of rotatable bonds is 7. The SMILES string of the molecule is O=C(COC(=O)c1ccc(S(=O)(=O)C(F)F)cc1)NNC(=O)c1ccc([N+](=O)[O-])cc1. The summed E-state index contributed by atoms with van der Waals surface area (Å²) in [6.45, 7) is -0.823. The number of carbonyl (C=O) groups is 3. The molecule has 31 heavy (non-hydrogen) atoms. The third-order valence-electron chi connectivity index (χ3n) is 3.64. The molecule has 0 bridgehead atoms. The zero-order chi connectivity index (χ0) is 23.2. The minimum atomic E-state index is -4.81. The number of non-ortho nitro benzene ring substituents is 1. The molecule has 2 aromatic rings. The Morgan fingerprint density at radius 1 is 0.968 bits per heavy atom. The van der Waals surface area contributed by atoms with Gasteiger partial charge in [-0.1, -0.05) is 0 Å². The Morgan fingerprint density at radius 3 is 2.03 bits per heavy atom. The number of nitro benzene ring substituents is 1. The monoisotopic (exact) mass is 457 g/mol. The summed E-state index contributed by atoms with van der Waals surface area (Å²) in [6, 6.07) is 7.98. The number of esters is 1. The predicted molar refractivity (Wildman–Crippen MR) is 98.6 cm³/mol. The third-order valence-corrected chi connectivity index (χ3v) is 5.04. The number of hydrazine groups is 1. The first kappa shape index (κ1) is 23.3. The summed E-state index contributed by atoms with van der Waals surface area (Å²) in [6.07, 6.45) is 0. The first-order valence-corrected chi connectivity index (χ1v) is 9.70. The van der Waals surface area contributed by atoms with Crippen LogP contribution in [-0.4, -0.2) is 43.5 Å². The van der Waals surface area contributed by atoms with Crippen molar-refractivity contribution in [3.05, 3.63) is 69.8 Å². The van der Waals surface area contributed by atoms with Crippen LogP contribution in [0.3, 0.4) is 0 Å². The first-order valence-electron chi connectivity index (χ1n) is 8.15. The van der Waals surface area contributed by atoms with E-state index in [-0.39, 0.29) is 16.8 Å². The van der Waals surface area contributed by atoms with Crippen LogP contribution in [0.2, 0.25) is 0 Å². The quantitative estimate of drug-likeness (QED) is 0.356. The number of hydrogen-bond acceptors (Lipinski definition) is 8. The molecular weight excluding hydrogens is 444 g/mol. The molecule has 2 rings (SSSR count). The van der Waals surface area contributed by atoms with Crippen molar-refractivity contribution in [2.24, 2.45) is 0 Å². The molecule has 11 nitrogen and oxygen atoms in total. The molecule has 0 aliphatic rings. The molecule has 0 unspecified atom stereocenters. The van der Waals surface area contributed by atoms with Crippen LogP contribution in [0.15, 0.2) is 53.4 Å². The minimum Gasteiger partial charge on any atom is -0.452 e. The molecule has 0 heterocycles. The number of hydrogen-bond donors (Lipinski definition) is 2. The van der Waals surface area contributed by atoms with Crippen molar-refractivity contribution in [1.82, 2.24) is 10.9 Å². The molecule has 0 radical (unpaired) electrons. The van der Waals surface area contributed by atoms with E-state index in [1.54, 1.807) is 0 Å². The topological polar surface area (TPSA) is 162 Å². The van der Waals surface area contributed by atoms with Gasteiger partial charge in [0.2, 0.25) is 9.84 Å². The molecule has 0 aromatic heterocycles. The summed E-state index contributed by atoms with van der Waals surface area (Å²) in [5.41, 5.74) is 3.55. The Balaban J connectivity index is 1.84. The van der Waals surface area contributed by atoms with Crippen LogP contribution < -0.4 is 10.9 Å². The van der Waals surface area contributed by atoms with E-state index < -0.39 is 49.8 Å². The van der Waals surface area contributed by atoms with Crippen molar-refractivity contribution in [3.8, 4) is 0 Å². The highest BCUT2D eigenvalue weighted by atomic mass is 32.2. The van der Waals surface area contributed by atoms with Crippen LogP contribution in [0, 0.1) is 10.1 Å². The van der Waals surface area contributed by atoms with Crippen LogP contribution in [-0.2, 0) is 19.4 Å². The minimum absolute atomic E-state index is 0.0155. The summed E-state index contributed by atoms with van der Waals surface area (Å²) < 4.78 is 52.3. The Kier molecular flexibility index (Phi) is 7.31. The van der Waals surface area contributed by atoms with E-state index in [9.17, 15) is 41.7 Å². The average molecular weight is 457 g/mol. The van der Waals surface area contributed by atoms with Crippen molar-refractivity contribution in [1.29, 1.82) is 0 Å². The van der Waals surface area contributed by atoms with Gasteiger partial charge >= 0.3 is 11.7 Å². The number of nitrogens with zero attached hydrogens (tertiary/aromatic N) is 1. The van der Waals surface area contributed by atoms with Gasteiger partial charge < -0.3 is 4.74 Å². The van der Waals surface area contributed by atoms with Gasteiger partial charge in [0.1, 0.15) is 0 Å². The van der Waals surface area contributed by atoms with Gasteiger partial charge in [0.25, 0.3) is 17.5 Å². The van der Waals surface area contributed by atoms with Gasteiger partial charge in [0, 0.05) is 17.7 Å². The second-order valence-electron chi connectivity index (χ2n) is 5.71. The highest BCUT2D eigenvalue weighted by molar-refractivity contribution is 7.91. The fourth-order valence-corrected chi connectivity index (χ4v) is 2.79. The Morgan fingerprint density at radius 2 is 1.52 bits per heavy atom. The molecule has 0 fully saturated rings. The lowest BCUT2D eigenvalue weighted by molar-refractivity contribution is -0.384. The maximum atomic E-state index is 12.5. The average Bonchev–Trinajstić information content (AvgIpc) is 2.75. The van der Waals surface area contributed by atoms with E-state index in [4.69, 9.17) is 0 Å². The molecule has 2 N–H and O–H groups in total. The second kappa shape index (κ2) is 9.71. The molecular formula is C17H13F2N3O8S. The number of nitrogens with one attached hydrogen (secondary N) is 2. The van der Waals surface area contributed by atoms with Crippen LogP contribution in [0.4, 0.5) is 14.5 Å². The Hall–Kier alpha value is -3.94. The van der Waals surface area contributed by atoms with Gasteiger partial charge in [-0.05, 0) is 36.4 Å². The molecule has 14 heteroatoms. The number of alkyl halides is 2. The lowest BCUT2D eigenvalue weighted by Crippen LogP contribution is -2.43. The fraction of sp³-hybridized carbons (Fsp3) is 0.118. The van der Waals surface area contributed by atoms with E-state index in [2.05, 4.69) is 4.74 Å². The van der Waals surface area contributed by atoms with Crippen molar-refractivity contribution in [2.45, 2.75) is 10.7 Å². The Labute approximate surface area is 173 Å². The molecule has 0 aliphatic heterocycles. The summed E-state index contributed by atoms with van der Waals surface area (Å²) in [7, 11) is -4.81. The number of carbonyl (C=O) groups excluding carboxylic acids is 3. The zero-order valence-corrected chi connectivity index (χ0v) is 16.1. The lowest BCUT2D eigenvalue weighted by Gasteiger charge is -2.08. The van der Waals surface area contributed by atoms with Crippen LogP contribution in [0.5, 0.6) is 0 Å². The first-order chi connectivity index (χ1) is 14.5. The van der Waals surface area contributed by atoms with Gasteiger partial charge in [-0.15, -0.1) is 0 Å². The molecule has 2 aromatic carbocycles. The van der Waals surface area contributed by atoms with E-state index in [1.807, 2.05) is 10.9 Å². The number of amides is 2. The molecule has 2 amide bonds. The number of benzene rings is 2. The van der Waals surface area contributed by atoms with Crippen LogP contribution in [0.1, 0.15) is 20.7 Å². The number of halogens is 2.